The molecule has 3 aromatic rings. The summed E-state index contributed by atoms with van der Waals surface area (Å²) in [4.78, 5) is 16.9. The van der Waals surface area contributed by atoms with E-state index in [1.807, 2.05) is 26.1 Å². The molecule has 8 nitrogen and oxygen atoms in total. The Balaban J connectivity index is 1.52. The van der Waals surface area contributed by atoms with E-state index < -0.39 is 0 Å². The predicted molar refractivity (Wildman–Crippen MR) is 96.9 cm³/mol. The summed E-state index contributed by atoms with van der Waals surface area (Å²) in [6.07, 6.45) is 3.37. The molecule has 8 heteroatoms. The molecule has 1 unspecified atom stereocenters. The molecule has 4 rings (SSSR count). The van der Waals surface area contributed by atoms with Crippen LogP contribution in [-0.4, -0.2) is 32.9 Å². The van der Waals surface area contributed by atoms with Gasteiger partial charge in [-0.2, -0.15) is 10.1 Å². The number of aryl methyl sites for hydroxylation is 2. The number of carbonyl (C=O) groups is 1. The summed E-state index contributed by atoms with van der Waals surface area (Å²) in [5.41, 5.74) is 4.69. The molecule has 27 heavy (non-hydrogen) atoms. The lowest BCUT2D eigenvalue weighted by atomic mass is 10.0. The smallest absolute Gasteiger partial charge is 0.255 e. The Morgan fingerprint density at radius 3 is 3.04 bits per heavy atom. The lowest BCUT2D eigenvalue weighted by molar-refractivity contribution is 0.0936. The van der Waals surface area contributed by atoms with Crippen LogP contribution in [-0.2, 0) is 24.8 Å². The first kappa shape index (κ1) is 17.4. The lowest BCUT2D eigenvalue weighted by Gasteiger charge is -2.14. The third-order valence-corrected chi connectivity index (χ3v) is 5.00. The first-order chi connectivity index (χ1) is 13.1. The van der Waals surface area contributed by atoms with Crippen molar-refractivity contribution in [1.29, 1.82) is 0 Å². The van der Waals surface area contributed by atoms with Crippen LogP contribution in [0.5, 0.6) is 0 Å². The zero-order valence-electron chi connectivity index (χ0n) is 15.5. The van der Waals surface area contributed by atoms with Crippen LogP contribution in [0.15, 0.2) is 28.9 Å². The van der Waals surface area contributed by atoms with Gasteiger partial charge in [-0.25, -0.2) is 0 Å². The highest BCUT2D eigenvalue weighted by molar-refractivity contribution is 5.95. The second kappa shape index (κ2) is 6.96. The zero-order chi connectivity index (χ0) is 19.0. The number of carbonyl (C=O) groups excluding carboxylic acids is 1. The van der Waals surface area contributed by atoms with Gasteiger partial charge < -0.3 is 14.6 Å². The van der Waals surface area contributed by atoms with Gasteiger partial charge in [0.25, 0.3) is 11.8 Å². The van der Waals surface area contributed by atoms with E-state index in [9.17, 15) is 4.79 Å². The Hall–Kier alpha value is -3.00. The maximum absolute atomic E-state index is 12.6. The van der Waals surface area contributed by atoms with E-state index in [0.717, 1.165) is 29.7 Å². The summed E-state index contributed by atoms with van der Waals surface area (Å²) in [6, 6.07) is 6.05. The maximum Gasteiger partial charge on any atom is 0.255 e. The summed E-state index contributed by atoms with van der Waals surface area (Å²) in [7, 11) is 3.41. The van der Waals surface area contributed by atoms with Gasteiger partial charge in [-0.05, 0) is 37.0 Å². The van der Waals surface area contributed by atoms with Crippen LogP contribution < -0.4 is 5.32 Å². The molecule has 0 aliphatic heterocycles. The molecule has 1 aliphatic rings. The number of hydrogen-bond donors (Lipinski definition) is 1. The van der Waals surface area contributed by atoms with E-state index in [4.69, 9.17) is 9.26 Å². The van der Waals surface area contributed by atoms with Crippen molar-refractivity contribution >= 4 is 5.91 Å². The number of methoxy groups -OCH3 is 1. The number of rotatable bonds is 5. The van der Waals surface area contributed by atoms with Crippen molar-refractivity contribution in [2.75, 3.05) is 7.11 Å². The number of fused-ring (bicyclic) bond motifs is 1. The number of nitrogens with one attached hydrogen (secondary N) is 1. The first-order valence-electron chi connectivity index (χ1n) is 8.81. The largest absolute Gasteiger partial charge is 0.375 e. The van der Waals surface area contributed by atoms with E-state index in [2.05, 4.69) is 26.6 Å². The monoisotopic (exact) mass is 367 g/mol. The van der Waals surface area contributed by atoms with Crippen LogP contribution >= 0.6 is 0 Å². The number of amides is 1. The molecule has 1 aromatic carbocycles. The van der Waals surface area contributed by atoms with Crippen LogP contribution in [0.1, 0.15) is 45.5 Å². The molecule has 1 atom stereocenters. The molecule has 2 heterocycles. The van der Waals surface area contributed by atoms with Gasteiger partial charge in [0.2, 0.25) is 5.82 Å². The van der Waals surface area contributed by atoms with Crippen molar-refractivity contribution in [2.24, 2.45) is 7.05 Å². The summed E-state index contributed by atoms with van der Waals surface area (Å²) in [5.74, 6) is 0.901. The number of ether oxygens (including phenoxy) is 1. The number of nitrogens with zero attached hydrogens (tertiary/aromatic N) is 4. The zero-order valence-corrected chi connectivity index (χ0v) is 15.5. The van der Waals surface area contributed by atoms with Crippen molar-refractivity contribution in [1.82, 2.24) is 25.2 Å². The summed E-state index contributed by atoms with van der Waals surface area (Å²) < 4.78 is 11.9. The van der Waals surface area contributed by atoms with Crippen molar-refractivity contribution in [2.45, 2.75) is 32.4 Å². The quantitative estimate of drug-likeness (QED) is 0.744. The summed E-state index contributed by atoms with van der Waals surface area (Å²) in [6.45, 7) is 2.18. The molecular formula is C19H21N5O3. The van der Waals surface area contributed by atoms with E-state index in [1.54, 1.807) is 18.0 Å². The Kier molecular flexibility index (Phi) is 4.49. The topological polar surface area (TPSA) is 95.1 Å². The van der Waals surface area contributed by atoms with Gasteiger partial charge in [-0.15, -0.1) is 0 Å². The second-order valence-corrected chi connectivity index (χ2v) is 6.69. The minimum atomic E-state index is -0.0927. The maximum atomic E-state index is 12.6. The van der Waals surface area contributed by atoms with Crippen molar-refractivity contribution in [3.05, 3.63) is 52.7 Å². The number of aromatic nitrogens is 4. The minimum Gasteiger partial charge on any atom is -0.375 e. The molecule has 0 spiro atoms. The molecular weight excluding hydrogens is 346 g/mol. The predicted octanol–water partition coefficient (Wildman–Crippen LogP) is 2.34. The summed E-state index contributed by atoms with van der Waals surface area (Å²) in [5, 5.41) is 11.3. The average Bonchev–Trinajstić information content (AvgIpc) is 3.36. The fraction of sp³-hybridized carbons (Fsp3) is 0.368. The molecule has 0 saturated carbocycles. The minimum absolute atomic E-state index is 0.00419. The van der Waals surface area contributed by atoms with Crippen LogP contribution in [0.2, 0.25) is 0 Å². The molecule has 1 N–H and O–H groups in total. The lowest BCUT2D eigenvalue weighted by Crippen LogP contribution is -2.27. The van der Waals surface area contributed by atoms with Gasteiger partial charge in [-0.3, -0.25) is 9.48 Å². The van der Waals surface area contributed by atoms with Gasteiger partial charge in [0, 0.05) is 25.4 Å². The number of benzene rings is 1. The summed E-state index contributed by atoms with van der Waals surface area (Å²) >= 11 is 0. The van der Waals surface area contributed by atoms with Crippen LogP contribution in [0, 0.1) is 6.92 Å². The van der Waals surface area contributed by atoms with Crippen molar-refractivity contribution in [3.8, 4) is 11.4 Å². The van der Waals surface area contributed by atoms with E-state index in [0.29, 0.717) is 23.9 Å². The van der Waals surface area contributed by atoms with Gasteiger partial charge in [0.15, 0.2) is 0 Å². The molecule has 1 amide bonds. The van der Waals surface area contributed by atoms with E-state index in [1.165, 1.54) is 5.56 Å². The fourth-order valence-corrected chi connectivity index (χ4v) is 3.42. The number of hydrogen-bond acceptors (Lipinski definition) is 6. The molecule has 0 fully saturated rings. The van der Waals surface area contributed by atoms with E-state index >= 15 is 0 Å². The third-order valence-electron chi connectivity index (χ3n) is 5.00. The Labute approximate surface area is 156 Å². The molecule has 0 bridgehead atoms. The highest BCUT2D eigenvalue weighted by atomic mass is 16.5. The molecule has 2 aromatic heterocycles. The highest BCUT2D eigenvalue weighted by Crippen LogP contribution is 2.34. The van der Waals surface area contributed by atoms with Crippen LogP contribution in [0.3, 0.4) is 0 Å². The average molecular weight is 367 g/mol. The fourth-order valence-electron chi connectivity index (χ4n) is 3.42. The van der Waals surface area contributed by atoms with E-state index in [-0.39, 0.29) is 11.9 Å². The van der Waals surface area contributed by atoms with Gasteiger partial charge in [-0.1, -0.05) is 17.3 Å². The third kappa shape index (κ3) is 3.23. The molecule has 0 radical (unpaired) electrons. The first-order valence-corrected chi connectivity index (χ1v) is 8.81. The van der Waals surface area contributed by atoms with Crippen molar-refractivity contribution < 1.29 is 14.1 Å². The normalized spacial score (nSPS) is 15.7. The van der Waals surface area contributed by atoms with Crippen LogP contribution in [0.4, 0.5) is 0 Å². The molecule has 140 valence electrons. The Morgan fingerprint density at radius 2 is 2.30 bits per heavy atom. The van der Waals surface area contributed by atoms with Gasteiger partial charge in [0.1, 0.15) is 6.61 Å². The van der Waals surface area contributed by atoms with Gasteiger partial charge >= 0.3 is 0 Å². The van der Waals surface area contributed by atoms with Crippen molar-refractivity contribution in [3.63, 3.8) is 0 Å². The van der Waals surface area contributed by atoms with Gasteiger partial charge in [0.05, 0.1) is 17.8 Å². The van der Waals surface area contributed by atoms with Crippen LogP contribution in [0.25, 0.3) is 11.4 Å². The Morgan fingerprint density at radius 1 is 1.44 bits per heavy atom. The second-order valence-electron chi connectivity index (χ2n) is 6.69. The molecule has 1 aliphatic carbocycles. The molecule has 0 saturated heterocycles. The SMILES string of the molecule is COCc1nc(-c2ccc3c(c2)CCC3NC(=O)c2cnn(C)c2C)no1. The highest BCUT2D eigenvalue weighted by Gasteiger charge is 2.26. The Bertz CT molecular complexity index is 991. The standard InChI is InChI=1S/C19H21N5O3/c1-11-15(9-20-24(11)2)19(25)21-16-7-5-12-8-13(4-6-14(12)16)18-22-17(10-26-3)27-23-18/h4,6,8-9,16H,5,7,10H2,1-3H3,(H,21,25).